The topological polar surface area (TPSA) is 0 Å². The third-order valence-electron chi connectivity index (χ3n) is 5.71. The van der Waals surface area contributed by atoms with Gasteiger partial charge in [-0.1, -0.05) is 98.1 Å². The van der Waals surface area contributed by atoms with Gasteiger partial charge in [-0.3, -0.25) is 0 Å². The summed E-state index contributed by atoms with van der Waals surface area (Å²) in [6, 6.07) is 17.5. The Hall–Kier alpha value is -3.12. The molecule has 0 heteroatoms. The molecule has 2 aliphatic rings. The first kappa shape index (κ1) is 17.3. The van der Waals surface area contributed by atoms with Gasteiger partial charge in [0.25, 0.3) is 0 Å². The van der Waals surface area contributed by atoms with Gasteiger partial charge in [-0.25, -0.2) is 0 Å². The Balaban J connectivity index is 2.25. The van der Waals surface area contributed by atoms with Crippen molar-refractivity contribution in [2.75, 3.05) is 0 Å². The van der Waals surface area contributed by atoms with Crippen LogP contribution in [-0.2, 0) is 5.41 Å². The Kier molecular flexibility index (Phi) is 4.20. The monoisotopic (exact) mass is 348 g/mol. The van der Waals surface area contributed by atoms with Crippen molar-refractivity contribution >= 4 is 11.1 Å². The van der Waals surface area contributed by atoms with Gasteiger partial charge in [0.2, 0.25) is 0 Å². The summed E-state index contributed by atoms with van der Waals surface area (Å²) >= 11 is 0. The van der Waals surface area contributed by atoms with Crippen LogP contribution in [0.1, 0.15) is 36.1 Å². The van der Waals surface area contributed by atoms with Crippen molar-refractivity contribution in [1.82, 2.24) is 0 Å². The lowest BCUT2D eigenvalue weighted by molar-refractivity contribution is 0.780. The molecule has 0 saturated heterocycles. The molecule has 2 aromatic carbocycles. The molecule has 27 heavy (non-hydrogen) atoms. The zero-order valence-electron chi connectivity index (χ0n) is 16.0. The molecule has 2 aromatic rings. The molecule has 132 valence electrons. The third kappa shape index (κ3) is 2.10. The Morgan fingerprint density at radius 2 is 1.07 bits per heavy atom. The largest absolute Gasteiger partial charge is 0.0987 e. The minimum absolute atomic E-state index is 0.347. The zero-order valence-corrected chi connectivity index (χ0v) is 16.0. The van der Waals surface area contributed by atoms with Crippen LogP contribution in [0.4, 0.5) is 0 Å². The van der Waals surface area contributed by atoms with Gasteiger partial charge in [0.15, 0.2) is 0 Å². The van der Waals surface area contributed by atoms with E-state index in [1.165, 1.54) is 44.5 Å². The van der Waals surface area contributed by atoms with E-state index in [0.717, 1.165) is 0 Å². The number of benzene rings is 2. The fourth-order valence-electron chi connectivity index (χ4n) is 4.87. The van der Waals surface area contributed by atoms with Gasteiger partial charge in [0, 0.05) is 0 Å². The van der Waals surface area contributed by atoms with Crippen LogP contribution in [0.25, 0.3) is 11.1 Å². The highest BCUT2D eigenvalue weighted by Crippen LogP contribution is 2.61. The molecule has 0 atom stereocenters. The second kappa shape index (κ2) is 6.55. The molecule has 0 nitrogen and oxygen atoms in total. The summed E-state index contributed by atoms with van der Waals surface area (Å²) in [5.41, 5.74) is 9.82. The first-order valence-corrected chi connectivity index (χ1v) is 9.45. The minimum atomic E-state index is -0.347. The lowest BCUT2D eigenvalue weighted by Gasteiger charge is -2.32. The van der Waals surface area contributed by atoms with Crippen LogP contribution in [0.3, 0.4) is 0 Å². The van der Waals surface area contributed by atoms with Crippen LogP contribution in [0.2, 0.25) is 0 Å². The fraction of sp³-hybridized carbons (Fsp3) is 0.111. The standard InChI is InChI=1S/C27H24/c1-5-13-19-21-15-9-11-17-25(21)27(23(19)7-3)24(8-4)20(14-6-2)22-16-10-12-18-26(22)27/h5-18H,3-4H2,1-2H3/b13-5-,14-6-. The molecule has 2 aliphatic carbocycles. The van der Waals surface area contributed by atoms with E-state index in [1.54, 1.807) is 0 Å². The van der Waals surface area contributed by atoms with Gasteiger partial charge in [-0.05, 0) is 58.4 Å². The van der Waals surface area contributed by atoms with Crippen LogP contribution in [0, 0.1) is 0 Å². The fourth-order valence-corrected chi connectivity index (χ4v) is 4.87. The molecule has 0 amide bonds. The molecule has 0 heterocycles. The van der Waals surface area contributed by atoms with Gasteiger partial charge < -0.3 is 0 Å². The molecule has 0 aliphatic heterocycles. The van der Waals surface area contributed by atoms with Crippen LogP contribution in [0.5, 0.6) is 0 Å². The molecule has 0 saturated carbocycles. The molecule has 4 rings (SSSR count). The van der Waals surface area contributed by atoms with E-state index in [2.05, 4.69) is 99.8 Å². The predicted octanol–water partition coefficient (Wildman–Crippen LogP) is 7.03. The van der Waals surface area contributed by atoms with Crippen molar-refractivity contribution in [2.24, 2.45) is 0 Å². The van der Waals surface area contributed by atoms with E-state index >= 15 is 0 Å². The summed E-state index contributed by atoms with van der Waals surface area (Å²) < 4.78 is 0. The van der Waals surface area contributed by atoms with Gasteiger partial charge >= 0.3 is 0 Å². The first-order chi connectivity index (χ1) is 13.2. The molecular weight excluding hydrogens is 324 g/mol. The van der Waals surface area contributed by atoms with Gasteiger partial charge in [-0.15, -0.1) is 0 Å². The average molecular weight is 348 g/mol. The zero-order chi connectivity index (χ0) is 19.0. The number of rotatable bonds is 4. The molecule has 0 radical (unpaired) electrons. The van der Waals surface area contributed by atoms with E-state index in [1.807, 2.05) is 12.2 Å². The molecule has 0 N–H and O–H groups in total. The highest BCUT2D eigenvalue weighted by molar-refractivity contribution is 5.99. The predicted molar refractivity (Wildman–Crippen MR) is 118 cm³/mol. The summed E-state index contributed by atoms with van der Waals surface area (Å²) in [6.07, 6.45) is 12.7. The Labute approximate surface area is 162 Å². The van der Waals surface area contributed by atoms with Crippen LogP contribution < -0.4 is 0 Å². The maximum absolute atomic E-state index is 4.22. The van der Waals surface area contributed by atoms with E-state index in [-0.39, 0.29) is 5.41 Å². The van der Waals surface area contributed by atoms with E-state index < -0.39 is 0 Å². The number of hydrogen-bond acceptors (Lipinski definition) is 0. The smallest absolute Gasteiger partial charge is 0.0725 e. The van der Waals surface area contributed by atoms with Gasteiger partial charge in [0.05, 0.1) is 5.41 Å². The number of fused-ring (bicyclic) bond motifs is 4. The van der Waals surface area contributed by atoms with Crippen molar-refractivity contribution in [3.05, 3.63) is 132 Å². The molecule has 0 fully saturated rings. The quantitative estimate of drug-likeness (QED) is 0.556. The van der Waals surface area contributed by atoms with E-state index in [4.69, 9.17) is 0 Å². The highest BCUT2D eigenvalue weighted by atomic mass is 14.5. The molecule has 0 aromatic heterocycles. The first-order valence-electron chi connectivity index (χ1n) is 9.45. The second-order valence-corrected chi connectivity index (χ2v) is 6.90. The second-order valence-electron chi connectivity index (χ2n) is 6.90. The van der Waals surface area contributed by atoms with E-state index in [0.29, 0.717) is 0 Å². The maximum Gasteiger partial charge on any atom is 0.0725 e. The van der Waals surface area contributed by atoms with Gasteiger partial charge in [-0.2, -0.15) is 0 Å². The minimum Gasteiger partial charge on any atom is -0.0987 e. The number of hydrogen-bond donors (Lipinski definition) is 0. The average Bonchev–Trinajstić information content (AvgIpc) is 3.14. The molecule has 0 unspecified atom stereocenters. The van der Waals surface area contributed by atoms with Crippen molar-refractivity contribution in [3.63, 3.8) is 0 Å². The molecule has 1 spiro atoms. The summed E-state index contributed by atoms with van der Waals surface area (Å²) in [4.78, 5) is 0. The summed E-state index contributed by atoms with van der Waals surface area (Å²) in [7, 11) is 0. The Bertz CT molecular complexity index is 979. The van der Waals surface area contributed by atoms with Crippen molar-refractivity contribution < 1.29 is 0 Å². The number of allylic oxidation sites excluding steroid dienone is 10. The van der Waals surface area contributed by atoms with Gasteiger partial charge in [0.1, 0.15) is 0 Å². The van der Waals surface area contributed by atoms with E-state index in [9.17, 15) is 0 Å². The normalized spacial score (nSPS) is 17.3. The Morgan fingerprint density at radius 1 is 0.667 bits per heavy atom. The van der Waals surface area contributed by atoms with Crippen molar-refractivity contribution in [2.45, 2.75) is 19.3 Å². The lowest BCUT2D eigenvalue weighted by Crippen LogP contribution is -2.27. The SMILES string of the molecule is C=CC1=C(/C=C\C)c2ccccc2C12C(C=C)=C(/C=C\C)c1ccccc12. The Morgan fingerprint density at radius 3 is 1.44 bits per heavy atom. The maximum atomic E-state index is 4.22. The summed E-state index contributed by atoms with van der Waals surface area (Å²) in [5.74, 6) is 0. The van der Waals surface area contributed by atoms with Crippen LogP contribution >= 0.6 is 0 Å². The van der Waals surface area contributed by atoms with Crippen LogP contribution in [0.15, 0.2) is 109 Å². The summed E-state index contributed by atoms with van der Waals surface area (Å²) in [6.45, 7) is 12.6. The van der Waals surface area contributed by atoms with Crippen molar-refractivity contribution in [1.29, 1.82) is 0 Å². The third-order valence-corrected chi connectivity index (χ3v) is 5.71. The summed E-state index contributed by atoms with van der Waals surface area (Å²) in [5, 5.41) is 0. The van der Waals surface area contributed by atoms with Crippen molar-refractivity contribution in [3.8, 4) is 0 Å². The highest BCUT2D eigenvalue weighted by Gasteiger charge is 2.51. The molecular formula is C27H24. The lowest BCUT2D eigenvalue weighted by atomic mass is 9.68. The van der Waals surface area contributed by atoms with Crippen LogP contribution in [-0.4, -0.2) is 0 Å². The molecule has 0 bridgehead atoms.